The van der Waals surface area contributed by atoms with Gasteiger partial charge in [0.25, 0.3) is 0 Å². The Bertz CT molecular complexity index is 339. The molecule has 1 fully saturated rings. The van der Waals surface area contributed by atoms with Crippen molar-refractivity contribution in [1.82, 2.24) is 4.98 Å². The molecular weight excluding hydrogens is 242 g/mol. The molecule has 0 bridgehead atoms. The molecule has 18 heavy (non-hydrogen) atoms. The smallest absolute Gasteiger partial charge is 0.0418 e. The molecule has 0 radical (unpaired) electrons. The molecule has 1 aromatic heterocycles. The van der Waals surface area contributed by atoms with Gasteiger partial charge in [0.2, 0.25) is 0 Å². The number of halogens is 1. The maximum atomic E-state index is 6.50. The fourth-order valence-corrected chi connectivity index (χ4v) is 3.30. The fourth-order valence-electron chi connectivity index (χ4n) is 2.89. The SMILES string of the molecule is Cc1ccc(CC(Cl)CC2CCCCCC2)nc1. The highest BCUT2D eigenvalue weighted by Gasteiger charge is 2.17. The van der Waals surface area contributed by atoms with Crippen LogP contribution in [0.5, 0.6) is 0 Å². The predicted molar refractivity (Wildman–Crippen MR) is 78.1 cm³/mol. The Labute approximate surface area is 116 Å². The molecule has 0 N–H and O–H groups in total. The van der Waals surface area contributed by atoms with E-state index < -0.39 is 0 Å². The first-order valence-electron chi connectivity index (χ1n) is 7.29. The van der Waals surface area contributed by atoms with Crippen LogP contribution in [0.25, 0.3) is 0 Å². The van der Waals surface area contributed by atoms with E-state index in [2.05, 4.69) is 24.0 Å². The Hall–Kier alpha value is -0.560. The highest BCUT2D eigenvalue weighted by molar-refractivity contribution is 6.20. The normalized spacial score (nSPS) is 19.4. The second-order valence-electron chi connectivity index (χ2n) is 5.72. The summed E-state index contributed by atoms with van der Waals surface area (Å²) in [6, 6.07) is 4.23. The lowest BCUT2D eigenvalue weighted by Crippen LogP contribution is -2.11. The van der Waals surface area contributed by atoms with Crippen LogP contribution in [0.1, 0.15) is 56.2 Å². The molecule has 0 amide bonds. The molecule has 0 aliphatic heterocycles. The summed E-state index contributed by atoms with van der Waals surface area (Å²) in [5.41, 5.74) is 2.35. The number of nitrogens with zero attached hydrogens (tertiary/aromatic N) is 1. The van der Waals surface area contributed by atoms with Crippen molar-refractivity contribution in [3.8, 4) is 0 Å². The second-order valence-corrected chi connectivity index (χ2v) is 6.34. The minimum absolute atomic E-state index is 0.253. The van der Waals surface area contributed by atoms with E-state index in [1.165, 1.54) is 44.1 Å². The summed E-state index contributed by atoms with van der Waals surface area (Å²) in [5, 5.41) is 0.253. The van der Waals surface area contributed by atoms with Crippen LogP contribution in [0.4, 0.5) is 0 Å². The van der Waals surface area contributed by atoms with Crippen LogP contribution < -0.4 is 0 Å². The standard InChI is InChI=1S/C16H24ClN/c1-13-8-9-16(18-12-13)11-15(17)10-14-6-4-2-3-5-7-14/h8-9,12,14-15H,2-7,10-11H2,1H3. The lowest BCUT2D eigenvalue weighted by molar-refractivity contribution is 0.418. The number of alkyl halides is 1. The fraction of sp³-hybridized carbons (Fsp3) is 0.688. The Balaban J connectivity index is 1.80. The van der Waals surface area contributed by atoms with E-state index in [0.717, 1.165) is 24.5 Å². The van der Waals surface area contributed by atoms with Gasteiger partial charge in [0.1, 0.15) is 0 Å². The summed E-state index contributed by atoms with van der Waals surface area (Å²) in [4.78, 5) is 4.45. The molecule has 1 aliphatic rings. The zero-order chi connectivity index (χ0) is 12.8. The predicted octanol–water partition coefficient (Wildman–Crippen LogP) is 4.90. The van der Waals surface area contributed by atoms with E-state index in [1.54, 1.807) is 0 Å². The molecule has 0 aromatic carbocycles. The number of pyridine rings is 1. The first kappa shape index (κ1) is 13.9. The van der Waals surface area contributed by atoms with Crippen molar-refractivity contribution in [2.45, 2.75) is 63.7 Å². The largest absolute Gasteiger partial charge is 0.261 e. The molecule has 1 unspecified atom stereocenters. The number of rotatable bonds is 4. The summed E-state index contributed by atoms with van der Waals surface area (Å²) >= 11 is 6.50. The summed E-state index contributed by atoms with van der Waals surface area (Å²) < 4.78 is 0. The minimum Gasteiger partial charge on any atom is -0.261 e. The van der Waals surface area contributed by atoms with Gasteiger partial charge in [-0.1, -0.05) is 44.6 Å². The summed E-state index contributed by atoms with van der Waals surface area (Å²) in [6.45, 7) is 2.07. The van der Waals surface area contributed by atoms with Gasteiger partial charge in [0.15, 0.2) is 0 Å². The number of hydrogen-bond donors (Lipinski definition) is 0. The van der Waals surface area contributed by atoms with Gasteiger partial charge >= 0.3 is 0 Å². The van der Waals surface area contributed by atoms with Gasteiger partial charge in [0.05, 0.1) is 0 Å². The number of aryl methyl sites for hydroxylation is 1. The van der Waals surface area contributed by atoms with Crippen LogP contribution >= 0.6 is 11.6 Å². The average molecular weight is 266 g/mol. The molecule has 0 spiro atoms. The van der Waals surface area contributed by atoms with Gasteiger partial charge in [-0.25, -0.2) is 0 Å². The minimum atomic E-state index is 0.253. The molecule has 1 saturated carbocycles. The van der Waals surface area contributed by atoms with E-state index in [9.17, 15) is 0 Å². The first-order valence-corrected chi connectivity index (χ1v) is 7.73. The Morgan fingerprint density at radius 3 is 2.56 bits per heavy atom. The number of aromatic nitrogens is 1. The van der Waals surface area contributed by atoms with Crippen LogP contribution in [0, 0.1) is 12.8 Å². The number of hydrogen-bond acceptors (Lipinski definition) is 1. The zero-order valence-corrected chi connectivity index (χ0v) is 12.1. The van der Waals surface area contributed by atoms with E-state index in [1.807, 2.05) is 6.20 Å². The van der Waals surface area contributed by atoms with Crippen molar-refractivity contribution in [2.24, 2.45) is 5.92 Å². The molecule has 1 heterocycles. The van der Waals surface area contributed by atoms with Crippen molar-refractivity contribution < 1.29 is 0 Å². The Kier molecular flexibility index (Phi) is 5.49. The monoisotopic (exact) mass is 265 g/mol. The Morgan fingerprint density at radius 1 is 1.22 bits per heavy atom. The molecular formula is C16H24ClN. The van der Waals surface area contributed by atoms with Gasteiger partial charge in [-0.2, -0.15) is 0 Å². The maximum absolute atomic E-state index is 6.50. The van der Waals surface area contributed by atoms with Crippen molar-refractivity contribution in [3.63, 3.8) is 0 Å². The van der Waals surface area contributed by atoms with Crippen LogP contribution in [0.3, 0.4) is 0 Å². The third kappa shape index (κ3) is 4.61. The van der Waals surface area contributed by atoms with Crippen molar-refractivity contribution >= 4 is 11.6 Å². The molecule has 2 heteroatoms. The van der Waals surface area contributed by atoms with Gasteiger partial charge < -0.3 is 0 Å². The van der Waals surface area contributed by atoms with Crippen LogP contribution in [0.15, 0.2) is 18.3 Å². The van der Waals surface area contributed by atoms with Gasteiger partial charge in [0, 0.05) is 23.7 Å². The van der Waals surface area contributed by atoms with Gasteiger partial charge in [-0.05, 0) is 30.9 Å². The van der Waals surface area contributed by atoms with Crippen LogP contribution in [-0.2, 0) is 6.42 Å². The quantitative estimate of drug-likeness (QED) is 0.557. The van der Waals surface area contributed by atoms with E-state index in [-0.39, 0.29) is 5.38 Å². The second kappa shape index (κ2) is 7.13. The van der Waals surface area contributed by atoms with Gasteiger partial charge in [-0.15, -0.1) is 11.6 Å². The van der Waals surface area contributed by atoms with Crippen molar-refractivity contribution in [2.75, 3.05) is 0 Å². The molecule has 100 valence electrons. The lowest BCUT2D eigenvalue weighted by Gasteiger charge is -2.17. The maximum Gasteiger partial charge on any atom is 0.0418 e. The van der Waals surface area contributed by atoms with E-state index >= 15 is 0 Å². The van der Waals surface area contributed by atoms with Crippen molar-refractivity contribution in [3.05, 3.63) is 29.6 Å². The molecule has 2 rings (SSSR count). The molecule has 0 saturated heterocycles. The zero-order valence-electron chi connectivity index (χ0n) is 11.4. The van der Waals surface area contributed by atoms with E-state index in [0.29, 0.717) is 0 Å². The topological polar surface area (TPSA) is 12.9 Å². The third-order valence-electron chi connectivity index (χ3n) is 3.97. The first-order chi connectivity index (χ1) is 8.74. The molecule has 1 nitrogen and oxygen atoms in total. The van der Waals surface area contributed by atoms with Crippen LogP contribution in [-0.4, -0.2) is 10.4 Å². The van der Waals surface area contributed by atoms with E-state index in [4.69, 9.17) is 11.6 Å². The lowest BCUT2D eigenvalue weighted by atomic mass is 9.93. The Morgan fingerprint density at radius 2 is 1.94 bits per heavy atom. The molecule has 1 aliphatic carbocycles. The highest BCUT2D eigenvalue weighted by atomic mass is 35.5. The van der Waals surface area contributed by atoms with Crippen LogP contribution in [0.2, 0.25) is 0 Å². The van der Waals surface area contributed by atoms with Crippen molar-refractivity contribution in [1.29, 1.82) is 0 Å². The summed E-state index contributed by atoms with van der Waals surface area (Å²) in [6.07, 6.45) is 12.4. The summed E-state index contributed by atoms with van der Waals surface area (Å²) in [7, 11) is 0. The molecule has 1 aromatic rings. The average Bonchev–Trinajstić information content (AvgIpc) is 2.61. The summed E-state index contributed by atoms with van der Waals surface area (Å²) in [5.74, 6) is 0.848. The van der Waals surface area contributed by atoms with Gasteiger partial charge in [-0.3, -0.25) is 4.98 Å². The molecule has 1 atom stereocenters. The highest BCUT2D eigenvalue weighted by Crippen LogP contribution is 2.28. The third-order valence-corrected chi connectivity index (χ3v) is 4.30.